The zero-order chi connectivity index (χ0) is 10.7. The van der Waals surface area contributed by atoms with Gasteiger partial charge in [-0.25, -0.2) is 0 Å². The summed E-state index contributed by atoms with van der Waals surface area (Å²) in [4.78, 5) is 12.9. The van der Waals surface area contributed by atoms with Crippen LogP contribution in [0.5, 0.6) is 0 Å². The van der Waals surface area contributed by atoms with E-state index in [2.05, 4.69) is 0 Å². The lowest BCUT2D eigenvalue weighted by molar-refractivity contribution is -0.142. The summed E-state index contributed by atoms with van der Waals surface area (Å²) in [5, 5.41) is 18.3. The van der Waals surface area contributed by atoms with Gasteiger partial charge in [-0.2, -0.15) is 0 Å². The molecule has 1 aliphatic heterocycles. The number of β-amino-alcohol motifs (C(OH)–C–C–N with tert-alkyl or cyclic N) is 1. The number of hydrogen-bond donors (Lipinski definition) is 2. The van der Waals surface area contributed by atoms with E-state index in [-0.39, 0.29) is 17.9 Å². The Kier molecular flexibility index (Phi) is 3.89. The van der Waals surface area contributed by atoms with E-state index in [0.717, 1.165) is 13.0 Å². The molecule has 4 nitrogen and oxygen atoms in total. The minimum absolute atomic E-state index is 0.191. The molecular formula is C10H19NO3. The van der Waals surface area contributed by atoms with E-state index >= 15 is 0 Å². The molecule has 3 atom stereocenters. The zero-order valence-corrected chi connectivity index (χ0v) is 8.81. The normalized spacial score (nSPS) is 30.5. The molecule has 0 aromatic carbocycles. The Labute approximate surface area is 84.5 Å². The van der Waals surface area contributed by atoms with Gasteiger partial charge in [-0.15, -0.1) is 0 Å². The fraction of sp³-hybridized carbons (Fsp3) is 0.900. The quantitative estimate of drug-likeness (QED) is 0.691. The molecule has 1 fully saturated rings. The van der Waals surface area contributed by atoms with E-state index in [0.29, 0.717) is 13.1 Å². The van der Waals surface area contributed by atoms with Crippen LogP contribution in [0.2, 0.25) is 0 Å². The van der Waals surface area contributed by atoms with Crippen molar-refractivity contribution in [2.45, 2.75) is 26.4 Å². The van der Waals surface area contributed by atoms with Gasteiger partial charge in [0.1, 0.15) is 0 Å². The fourth-order valence-corrected chi connectivity index (χ4v) is 1.96. The Balaban J connectivity index is 2.42. The first-order valence-corrected chi connectivity index (χ1v) is 5.17. The van der Waals surface area contributed by atoms with E-state index in [1.165, 1.54) is 0 Å². The molecular weight excluding hydrogens is 182 g/mol. The van der Waals surface area contributed by atoms with E-state index in [1.807, 2.05) is 18.7 Å². The van der Waals surface area contributed by atoms with Crippen molar-refractivity contribution >= 4 is 5.97 Å². The SMILES string of the molecule is CCC(O)CN1C[C@@H](C)[C@H](C(=O)O)C1. The molecule has 1 unspecified atom stereocenters. The van der Waals surface area contributed by atoms with Crippen molar-refractivity contribution in [2.24, 2.45) is 11.8 Å². The smallest absolute Gasteiger partial charge is 0.308 e. The summed E-state index contributed by atoms with van der Waals surface area (Å²) >= 11 is 0. The highest BCUT2D eigenvalue weighted by molar-refractivity contribution is 5.71. The van der Waals surface area contributed by atoms with Gasteiger partial charge in [0.15, 0.2) is 0 Å². The van der Waals surface area contributed by atoms with Gasteiger partial charge in [-0.1, -0.05) is 13.8 Å². The molecule has 82 valence electrons. The van der Waals surface area contributed by atoms with Crippen molar-refractivity contribution in [3.8, 4) is 0 Å². The Morgan fingerprint density at radius 2 is 2.21 bits per heavy atom. The molecule has 4 heteroatoms. The van der Waals surface area contributed by atoms with E-state index in [1.54, 1.807) is 0 Å². The molecule has 1 heterocycles. The summed E-state index contributed by atoms with van der Waals surface area (Å²) < 4.78 is 0. The Morgan fingerprint density at radius 1 is 1.57 bits per heavy atom. The van der Waals surface area contributed by atoms with Crippen molar-refractivity contribution in [1.82, 2.24) is 4.90 Å². The van der Waals surface area contributed by atoms with Gasteiger partial charge in [0.05, 0.1) is 12.0 Å². The molecule has 0 aromatic heterocycles. The lowest BCUT2D eigenvalue weighted by Gasteiger charge is -2.18. The molecule has 1 rings (SSSR count). The molecule has 2 N–H and O–H groups in total. The molecule has 14 heavy (non-hydrogen) atoms. The predicted molar refractivity (Wildman–Crippen MR) is 53.0 cm³/mol. The second-order valence-electron chi connectivity index (χ2n) is 4.20. The summed E-state index contributed by atoms with van der Waals surface area (Å²) in [6, 6.07) is 0. The van der Waals surface area contributed by atoms with Crippen LogP contribution in [0.25, 0.3) is 0 Å². The summed E-state index contributed by atoms with van der Waals surface area (Å²) in [6.07, 6.45) is 0.401. The molecule has 0 aromatic rings. The lowest BCUT2D eigenvalue weighted by atomic mass is 9.99. The maximum absolute atomic E-state index is 10.8. The number of aliphatic carboxylic acids is 1. The number of carboxylic acids is 1. The Hall–Kier alpha value is -0.610. The van der Waals surface area contributed by atoms with Crippen molar-refractivity contribution in [1.29, 1.82) is 0 Å². The highest BCUT2D eigenvalue weighted by Gasteiger charge is 2.34. The Bertz CT molecular complexity index is 208. The fourth-order valence-electron chi connectivity index (χ4n) is 1.96. The monoisotopic (exact) mass is 201 g/mol. The number of rotatable bonds is 4. The van der Waals surface area contributed by atoms with E-state index in [9.17, 15) is 9.90 Å². The number of nitrogens with zero attached hydrogens (tertiary/aromatic N) is 1. The van der Waals surface area contributed by atoms with Crippen LogP contribution in [0.3, 0.4) is 0 Å². The van der Waals surface area contributed by atoms with Crippen LogP contribution in [0.15, 0.2) is 0 Å². The molecule has 0 radical (unpaired) electrons. The van der Waals surface area contributed by atoms with Crippen molar-refractivity contribution in [3.63, 3.8) is 0 Å². The molecule has 0 bridgehead atoms. The summed E-state index contributed by atoms with van der Waals surface area (Å²) in [6.45, 7) is 5.85. The van der Waals surface area contributed by atoms with Crippen LogP contribution in [-0.4, -0.2) is 46.8 Å². The third-order valence-electron chi connectivity index (χ3n) is 2.95. The van der Waals surface area contributed by atoms with Gasteiger partial charge in [0.2, 0.25) is 0 Å². The van der Waals surface area contributed by atoms with Gasteiger partial charge in [-0.05, 0) is 12.3 Å². The number of aliphatic hydroxyl groups is 1. The van der Waals surface area contributed by atoms with Crippen molar-refractivity contribution in [3.05, 3.63) is 0 Å². The standard InChI is InChI=1S/C10H19NO3/c1-3-8(12)5-11-4-7(2)9(6-11)10(13)14/h7-9,12H,3-6H2,1-2H3,(H,13,14)/t7-,8?,9-/m1/s1. The van der Waals surface area contributed by atoms with Crippen LogP contribution in [0, 0.1) is 11.8 Å². The molecule has 1 saturated heterocycles. The van der Waals surface area contributed by atoms with Gasteiger partial charge in [-0.3, -0.25) is 9.69 Å². The highest BCUT2D eigenvalue weighted by Crippen LogP contribution is 2.23. The van der Waals surface area contributed by atoms with Crippen molar-refractivity contribution < 1.29 is 15.0 Å². The second kappa shape index (κ2) is 4.75. The maximum atomic E-state index is 10.8. The lowest BCUT2D eigenvalue weighted by Crippen LogP contribution is -2.31. The van der Waals surface area contributed by atoms with Crippen LogP contribution >= 0.6 is 0 Å². The maximum Gasteiger partial charge on any atom is 0.308 e. The first kappa shape index (κ1) is 11.5. The number of aliphatic hydroxyl groups excluding tert-OH is 1. The number of carboxylic acid groups (broad SMARTS) is 1. The first-order chi connectivity index (χ1) is 6.54. The first-order valence-electron chi connectivity index (χ1n) is 5.17. The molecule has 0 saturated carbocycles. The Morgan fingerprint density at radius 3 is 2.64 bits per heavy atom. The average molecular weight is 201 g/mol. The van der Waals surface area contributed by atoms with Gasteiger partial charge >= 0.3 is 5.97 Å². The number of likely N-dealkylation sites (tertiary alicyclic amines) is 1. The third-order valence-corrected chi connectivity index (χ3v) is 2.95. The van der Waals surface area contributed by atoms with Crippen LogP contribution in [0.1, 0.15) is 20.3 Å². The zero-order valence-electron chi connectivity index (χ0n) is 8.81. The largest absolute Gasteiger partial charge is 0.481 e. The van der Waals surface area contributed by atoms with E-state index in [4.69, 9.17) is 5.11 Å². The topological polar surface area (TPSA) is 60.8 Å². The minimum Gasteiger partial charge on any atom is -0.481 e. The highest BCUT2D eigenvalue weighted by atomic mass is 16.4. The summed E-state index contributed by atoms with van der Waals surface area (Å²) in [5.74, 6) is -0.790. The number of hydrogen-bond acceptors (Lipinski definition) is 3. The molecule has 0 amide bonds. The molecule has 0 spiro atoms. The number of carbonyl (C=O) groups is 1. The molecule has 0 aliphatic carbocycles. The summed E-state index contributed by atoms with van der Waals surface area (Å²) in [7, 11) is 0. The third kappa shape index (κ3) is 2.69. The average Bonchev–Trinajstić information content (AvgIpc) is 2.46. The van der Waals surface area contributed by atoms with E-state index < -0.39 is 5.97 Å². The van der Waals surface area contributed by atoms with Gasteiger partial charge in [0, 0.05) is 19.6 Å². The predicted octanol–water partition coefficient (Wildman–Crippen LogP) is 0.410. The minimum atomic E-state index is -0.717. The van der Waals surface area contributed by atoms with Crippen molar-refractivity contribution in [2.75, 3.05) is 19.6 Å². The van der Waals surface area contributed by atoms with Crippen LogP contribution < -0.4 is 0 Å². The second-order valence-corrected chi connectivity index (χ2v) is 4.20. The van der Waals surface area contributed by atoms with Gasteiger partial charge < -0.3 is 10.2 Å². The van der Waals surface area contributed by atoms with Crippen LogP contribution in [0.4, 0.5) is 0 Å². The van der Waals surface area contributed by atoms with Crippen LogP contribution in [-0.2, 0) is 4.79 Å². The molecule has 1 aliphatic rings. The summed E-state index contributed by atoms with van der Waals surface area (Å²) in [5.41, 5.74) is 0. The van der Waals surface area contributed by atoms with Gasteiger partial charge in [0.25, 0.3) is 0 Å².